The van der Waals surface area contributed by atoms with Gasteiger partial charge in [0.2, 0.25) is 17.7 Å². The molecule has 3 amide bonds. The molecular formula is C25H29ClN5O3. The molecule has 0 bridgehead atoms. The second-order valence-electron chi connectivity index (χ2n) is 8.69. The lowest BCUT2D eigenvalue weighted by atomic mass is 9.85. The summed E-state index contributed by atoms with van der Waals surface area (Å²) in [5.41, 5.74) is 12.5. The van der Waals surface area contributed by atoms with E-state index in [2.05, 4.69) is 4.90 Å². The number of likely N-dealkylation sites (tertiary alicyclic amines) is 1. The van der Waals surface area contributed by atoms with Crippen LogP contribution in [0.2, 0.25) is 5.02 Å². The molecule has 2 fully saturated rings. The lowest BCUT2D eigenvalue weighted by Gasteiger charge is -2.43. The van der Waals surface area contributed by atoms with Crippen LogP contribution in [0.4, 0.5) is 5.69 Å². The van der Waals surface area contributed by atoms with Crippen molar-refractivity contribution in [1.82, 2.24) is 9.80 Å². The average Bonchev–Trinajstić information content (AvgIpc) is 3.10. The molecule has 2 aliphatic heterocycles. The highest BCUT2D eigenvalue weighted by Gasteiger charge is 2.53. The lowest BCUT2D eigenvalue weighted by Crippen LogP contribution is -2.57. The fourth-order valence-electron chi connectivity index (χ4n) is 4.91. The van der Waals surface area contributed by atoms with Crippen LogP contribution in [0.1, 0.15) is 28.8 Å². The molecule has 34 heavy (non-hydrogen) atoms. The van der Waals surface area contributed by atoms with Crippen molar-refractivity contribution in [1.29, 1.82) is 0 Å². The molecule has 2 saturated heterocycles. The van der Waals surface area contributed by atoms with Gasteiger partial charge in [0.25, 0.3) is 0 Å². The van der Waals surface area contributed by atoms with Crippen LogP contribution in [0, 0.1) is 6.42 Å². The zero-order chi connectivity index (χ0) is 24.3. The van der Waals surface area contributed by atoms with E-state index in [9.17, 15) is 14.4 Å². The van der Waals surface area contributed by atoms with Crippen molar-refractivity contribution in [2.75, 3.05) is 37.7 Å². The van der Waals surface area contributed by atoms with Gasteiger partial charge in [-0.05, 0) is 49.1 Å². The molecule has 2 aromatic rings. The molecule has 179 valence electrons. The number of hydrogen-bond acceptors (Lipinski definition) is 5. The zero-order valence-corrected chi connectivity index (χ0v) is 19.7. The minimum Gasteiger partial charge on any atom is -0.366 e. The number of amides is 3. The van der Waals surface area contributed by atoms with Crippen LogP contribution in [-0.4, -0.2) is 65.9 Å². The Morgan fingerprint density at radius 3 is 2.44 bits per heavy atom. The molecule has 2 aromatic carbocycles. The number of halogens is 1. The number of nitrogens with zero attached hydrogens (tertiary/aromatic N) is 3. The van der Waals surface area contributed by atoms with Gasteiger partial charge in [0.05, 0.1) is 13.1 Å². The Kier molecular flexibility index (Phi) is 7.09. The van der Waals surface area contributed by atoms with Crippen molar-refractivity contribution in [2.45, 2.75) is 24.8 Å². The van der Waals surface area contributed by atoms with Gasteiger partial charge in [0.15, 0.2) is 0 Å². The Morgan fingerprint density at radius 2 is 1.79 bits per heavy atom. The SMILES string of the molecule is NCCN1CN(c2ccccc2)C2(CCN(C(=O)[CH]Cc3ccc(Cl)cc3C(N)=O)CC2)C1=O. The van der Waals surface area contributed by atoms with Gasteiger partial charge in [0.1, 0.15) is 5.54 Å². The van der Waals surface area contributed by atoms with Crippen molar-refractivity contribution in [2.24, 2.45) is 11.5 Å². The van der Waals surface area contributed by atoms with Crippen molar-refractivity contribution < 1.29 is 14.4 Å². The number of carbonyl (C=O) groups excluding carboxylic acids is 3. The fourth-order valence-corrected chi connectivity index (χ4v) is 5.08. The summed E-state index contributed by atoms with van der Waals surface area (Å²) < 4.78 is 0. The van der Waals surface area contributed by atoms with Gasteiger partial charge in [-0.15, -0.1) is 0 Å². The monoisotopic (exact) mass is 482 g/mol. The highest BCUT2D eigenvalue weighted by molar-refractivity contribution is 6.31. The van der Waals surface area contributed by atoms with Gasteiger partial charge in [-0.1, -0.05) is 35.9 Å². The summed E-state index contributed by atoms with van der Waals surface area (Å²) in [6.45, 7) is 2.33. The van der Waals surface area contributed by atoms with Crippen LogP contribution in [-0.2, 0) is 16.0 Å². The highest BCUT2D eigenvalue weighted by atomic mass is 35.5. The first-order valence-electron chi connectivity index (χ1n) is 11.4. The maximum Gasteiger partial charge on any atom is 0.250 e. The van der Waals surface area contributed by atoms with Crippen molar-refractivity contribution >= 4 is 35.0 Å². The molecular weight excluding hydrogens is 454 g/mol. The molecule has 8 nitrogen and oxygen atoms in total. The van der Waals surface area contributed by atoms with Crippen LogP contribution in [0.3, 0.4) is 0 Å². The highest BCUT2D eigenvalue weighted by Crippen LogP contribution is 2.39. The van der Waals surface area contributed by atoms with Crippen LogP contribution in [0.5, 0.6) is 0 Å². The number of rotatable bonds is 7. The first kappa shape index (κ1) is 24.0. The normalized spacial score (nSPS) is 17.5. The first-order chi connectivity index (χ1) is 16.4. The van der Waals surface area contributed by atoms with E-state index in [1.165, 1.54) is 6.07 Å². The molecule has 0 saturated carbocycles. The van der Waals surface area contributed by atoms with Crippen molar-refractivity contribution in [3.8, 4) is 0 Å². The third-order valence-corrected chi connectivity index (χ3v) is 6.95. The summed E-state index contributed by atoms with van der Waals surface area (Å²) in [5, 5.41) is 0.415. The van der Waals surface area contributed by atoms with Crippen LogP contribution in [0.25, 0.3) is 0 Å². The number of carbonyl (C=O) groups is 3. The number of anilines is 1. The van der Waals surface area contributed by atoms with E-state index in [1.54, 1.807) is 23.5 Å². The Morgan fingerprint density at radius 1 is 1.09 bits per heavy atom. The number of benzene rings is 2. The molecule has 2 aliphatic rings. The standard InChI is InChI=1S/C25H29ClN5O3/c26-19-8-6-18(21(16-19)23(28)33)7-9-22(32)29-13-10-25(11-14-29)24(34)30(15-12-27)17-31(25)20-4-2-1-3-5-20/h1-6,8-9,16H,7,10-15,17,27H2,(H2,28,33). The summed E-state index contributed by atoms with van der Waals surface area (Å²) in [6, 6.07) is 14.8. The molecule has 1 spiro atoms. The first-order valence-corrected chi connectivity index (χ1v) is 11.8. The van der Waals surface area contributed by atoms with Crippen molar-refractivity contribution in [3.05, 3.63) is 71.1 Å². The van der Waals surface area contributed by atoms with E-state index in [0.717, 1.165) is 5.69 Å². The van der Waals surface area contributed by atoms with Crippen LogP contribution in [0.15, 0.2) is 48.5 Å². The zero-order valence-electron chi connectivity index (χ0n) is 19.0. The number of piperidine rings is 1. The third-order valence-electron chi connectivity index (χ3n) is 6.72. The van der Waals surface area contributed by atoms with Crippen LogP contribution < -0.4 is 16.4 Å². The van der Waals surface area contributed by atoms with Crippen molar-refractivity contribution in [3.63, 3.8) is 0 Å². The predicted molar refractivity (Wildman–Crippen MR) is 131 cm³/mol. The van der Waals surface area contributed by atoms with Gasteiger partial charge in [-0.3, -0.25) is 14.4 Å². The molecule has 0 atom stereocenters. The Hall–Kier alpha value is -3.10. The molecule has 9 heteroatoms. The van der Waals surface area contributed by atoms with Gasteiger partial charge in [0, 0.05) is 42.5 Å². The topological polar surface area (TPSA) is 113 Å². The van der Waals surface area contributed by atoms with Gasteiger partial charge < -0.3 is 26.2 Å². The van der Waals surface area contributed by atoms with E-state index in [0.29, 0.717) is 61.8 Å². The molecule has 2 heterocycles. The van der Waals surface area contributed by atoms with E-state index in [-0.39, 0.29) is 18.2 Å². The lowest BCUT2D eigenvalue weighted by molar-refractivity contribution is -0.136. The second kappa shape index (κ2) is 10.0. The van der Waals surface area contributed by atoms with Crippen LogP contribution >= 0.6 is 11.6 Å². The molecule has 0 aromatic heterocycles. The number of nitrogens with two attached hydrogens (primary N) is 2. The Balaban J connectivity index is 1.44. The minimum atomic E-state index is -0.678. The maximum atomic E-state index is 13.4. The molecule has 1 radical (unpaired) electrons. The van der Waals surface area contributed by atoms with Gasteiger partial charge >= 0.3 is 0 Å². The summed E-state index contributed by atoms with van der Waals surface area (Å²) in [6.07, 6.45) is 2.90. The smallest absolute Gasteiger partial charge is 0.250 e. The van der Waals surface area contributed by atoms with E-state index < -0.39 is 11.4 Å². The summed E-state index contributed by atoms with van der Waals surface area (Å²) in [4.78, 5) is 43.8. The predicted octanol–water partition coefficient (Wildman–Crippen LogP) is 1.81. The molecule has 4 rings (SSSR count). The largest absolute Gasteiger partial charge is 0.366 e. The summed E-state index contributed by atoms with van der Waals surface area (Å²) in [5.74, 6) is -0.637. The van der Waals surface area contributed by atoms with E-state index in [1.807, 2.05) is 35.2 Å². The Labute approximate surface area is 204 Å². The van der Waals surface area contributed by atoms with E-state index in [4.69, 9.17) is 23.1 Å². The Bertz CT molecular complexity index is 1070. The second-order valence-corrected chi connectivity index (χ2v) is 9.13. The minimum absolute atomic E-state index is 0.0742. The summed E-state index contributed by atoms with van der Waals surface area (Å²) in [7, 11) is 0. The number of para-hydroxylation sites is 1. The summed E-state index contributed by atoms with van der Waals surface area (Å²) >= 11 is 5.97. The molecule has 4 N–H and O–H groups in total. The maximum absolute atomic E-state index is 13.4. The fraction of sp³-hybridized carbons (Fsp3) is 0.360. The average molecular weight is 483 g/mol. The number of primary amides is 1. The third kappa shape index (κ3) is 4.60. The van der Waals surface area contributed by atoms with Gasteiger partial charge in [-0.2, -0.15) is 0 Å². The van der Waals surface area contributed by atoms with E-state index >= 15 is 0 Å². The molecule has 0 aliphatic carbocycles. The molecule has 0 unspecified atom stereocenters. The van der Waals surface area contributed by atoms with Gasteiger partial charge in [-0.25, -0.2) is 0 Å². The quantitative estimate of drug-likeness (QED) is 0.625. The number of hydrogen-bond donors (Lipinski definition) is 2.